The number of hydrogen-bond acceptors (Lipinski definition) is 3. The Balaban J connectivity index is 1.86. The molecule has 4 heteroatoms. The summed E-state index contributed by atoms with van der Waals surface area (Å²) in [6.07, 6.45) is 2.06. The molecule has 96 valence electrons. The zero-order chi connectivity index (χ0) is 13.0. The van der Waals surface area contributed by atoms with Gasteiger partial charge in [0.1, 0.15) is 11.5 Å². The van der Waals surface area contributed by atoms with Crippen LogP contribution in [0.5, 0.6) is 5.75 Å². The number of methoxy groups -OCH3 is 1. The van der Waals surface area contributed by atoms with Gasteiger partial charge in [0.25, 0.3) is 0 Å². The second-order valence-corrected chi connectivity index (χ2v) is 4.48. The largest absolute Gasteiger partial charge is 0.497 e. The van der Waals surface area contributed by atoms with Crippen LogP contribution in [0.4, 0.5) is 0 Å². The van der Waals surface area contributed by atoms with Crippen LogP contribution in [0.2, 0.25) is 0 Å². The van der Waals surface area contributed by atoms with Crippen LogP contribution < -0.4 is 10.1 Å². The summed E-state index contributed by atoms with van der Waals surface area (Å²) in [4.78, 5) is 23.2. The van der Waals surface area contributed by atoms with Crippen LogP contribution in [0, 0.1) is 5.92 Å². The van der Waals surface area contributed by atoms with E-state index < -0.39 is 5.92 Å². The minimum Gasteiger partial charge on any atom is -0.497 e. The van der Waals surface area contributed by atoms with Crippen molar-refractivity contribution in [2.75, 3.05) is 7.11 Å². The van der Waals surface area contributed by atoms with E-state index in [0.717, 1.165) is 17.7 Å². The van der Waals surface area contributed by atoms with Gasteiger partial charge in [-0.25, -0.2) is 0 Å². The van der Waals surface area contributed by atoms with Crippen molar-refractivity contribution < 1.29 is 14.3 Å². The highest BCUT2D eigenvalue weighted by Gasteiger charge is 2.30. The van der Waals surface area contributed by atoms with E-state index in [1.807, 2.05) is 24.3 Å². The maximum Gasteiger partial charge on any atom is 0.230 e. The third-order valence-electron chi connectivity index (χ3n) is 3.25. The minimum absolute atomic E-state index is 0.0715. The predicted molar refractivity (Wildman–Crippen MR) is 67.2 cm³/mol. The van der Waals surface area contributed by atoms with Gasteiger partial charge in [-0.15, -0.1) is 0 Å². The number of rotatable bonds is 4. The topological polar surface area (TPSA) is 55.4 Å². The number of carbonyl (C=O) groups is 2. The molecule has 0 heterocycles. The van der Waals surface area contributed by atoms with Gasteiger partial charge in [-0.1, -0.05) is 12.1 Å². The van der Waals surface area contributed by atoms with Crippen molar-refractivity contribution in [2.45, 2.75) is 25.8 Å². The van der Waals surface area contributed by atoms with Gasteiger partial charge in [0.15, 0.2) is 0 Å². The molecule has 1 aromatic carbocycles. The summed E-state index contributed by atoms with van der Waals surface area (Å²) < 4.78 is 5.06. The molecular weight excluding hydrogens is 230 g/mol. The molecule has 1 aromatic rings. The molecule has 1 N–H and O–H groups in total. The quantitative estimate of drug-likeness (QED) is 0.824. The fourth-order valence-corrected chi connectivity index (χ4v) is 2.15. The maximum atomic E-state index is 11.8. The zero-order valence-electron chi connectivity index (χ0n) is 10.4. The second-order valence-electron chi connectivity index (χ2n) is 4.48. The Labute approximate surface area is 106 Å². The second kappa shape index (κ2) is 5.67. The van der Waals surface area contributed by atoms with Gasteiger partial charge in [-0.3, -0.25) is 9.59 Å². The van der Waals surface area contributed by atoms with E-state index in [2.05, 4.69) is 5.32 Å². The Morgan fingerprint density at radius 3 is 2.67 bits per heavy atom. The average molecular weight is 247 g/mol. The first kappa shape index (κ1) is 12.6. The monoisotopic (exact) mass is 247 g/mol. The van der Waals surface area contributed by atoms with E-state index in [9.17, 15) is 9.59 Å². The molecule has 0 saturated heterocycles. The van der Waals surface area contributed by atoms with Crippen LogP contribution in [0.1, 0.15) is 24.8 Å². The molecule has 4 nitrogen and oxygen atoms in total. The fraction of sp³-hybridized carbons (Fsp3) is 0.429. The van der Waals surface area contributed by atoms with Crippen molar-refractivity contribution >= 4 is 11.7 Å². The maximum absolute atomic E-state index is 11.8. The summed E-state index contributed by atoms with van der Waals surface area (Å²) >= 11 is 0. The molecule has 1 unspecified atom stereocenters. The zero-order valence-corrected chi connectivity index (χ0v) is 10.4. The Kier molecular flexibility index (Phi) is 3.97. The summed E-state index contributed by atoms with van der Waals surface area (Å²) in [6, 6.07) is 7.50. The third kappa shape index (κ3) is 2.88. The van der Waals surface area contributed by atoms with E-state index in [0.29, 0.717) is 19.4 Å². The smallest absolute Gasteiger partial charge is 0.230 e. The van der Waals surface area contributed by atoms with Crippen molar-refractivity contribution in [3.8, 4) is 5.75 Å². The minimum atomic E-state index is -0.428. The molecule has 1 atom stereocenters. The summed E-state index contributed by atoms with van der Waals surface area (Å²) in [5.41, 5.74) is 0.995. The first-order valence-corrected chi connectivity index (χ1v) is 6.14. The van der Waals surface area contributed by atoms with Crippen LogP contribution in [-0.4, -0.2) is 18.8 Å². The molecule has 1 fully saturated rings. The fourth-order valence-electron chi connectivity index (χ4n) is 2.15. The lowest BCUT2D eigenvalue weighted by Gasteiger charge is -2.09. The number of hydrogen-bond donors (Lipinski definition) is 1. The van der Waals surface area contributed by atoms with Crippen LogP contribution in [0.3, 0.4) is 0 Å². The number of nitrogens with one attached hydrogen (secondary N) is 1. The molecule has 1 amide bonds. The Morgan fingerprint density at radius 2 is 2.11 bits per heavy atom. The SMILES string of the molecule is COc1ccc(CNC(=O)C2CCCC2=O)cc1. The molecular formula is C14H17NO3. The normalized spacial score (nSPS) is 18.7. The van der Waals surface area contributed by atoms with Crippen molar-refractivity contribution in [2.24, 2.45) is 5.92 Å². The molecule has 1 aliphatic carbocycles. The molecule has 1 saturated carbocycles. The number of Topliss-reactive ketones (excluding diaryl/α,β-unsaturated/α-hetero) is 1. The van der Waals surface area contributed by atoms with Gasteiger partial charge in [0.05, 0.1) is 13.0 Å². The number of ketones is 1. The average Bonchev–Trinajstić information content (AvgIpc) is 2.83. The summed E-state index contributed by atoms with van der Waals surface area (Å²) in [6.45, 7) is 0.451. The number of carbonyl (C=O) groups excluding carboxylic acids is 2. The Bertz CT molecular complexity index is 439. The van der Waals surface area contributed by atoms with E-state index >= 15 is 0 Å². The molecule has 1 aliphatic rings. The van der Waals surface area contributed by atoms with Gasteiger partial charge >= 0.3 is 0 Å². The number of ether oxygens (including phenoxy) is 1. The molecule has 0 radical (unpaired) electrons. The van der Waals surface area contributed by atoms with E-state index in [-0.39, 0.29) is 11.7 Å². The van der Waals surface area contributed by atoms with Gasteiger partial charge in [0, 0.05) is 13.0 Å². The highest BCUT2D eigenvalue weighted by atomic mass is 16.5. The lowest BCUT2D eigenvalue weighted by Crippen LogP contribution is -2.32. The van der Waals surface area contributed by atoms with Crippen molar-refractivity contribution in [3.63, 3.8) is 0 Å². The van der Waals surface area contributed by atoms with Gasteiger partial charge < -0.3 is 10.1 Å². The van der Waals surface area contributed by atoms with E-state index in [1.165, 1.54) is 0 Å². The summed E-state index contributed by atoms with van der Waals surface area (Å²) in [5.74, 6) is 0.287. The van der Waals surface area contributed by atoms with Crippen LogP contribution in [-0.2, 0) is 16.1 Å². The van der Waals surface area contributed by atoms with E-state index in [4.69, 9.17) is 4.74 Å². The number of benzene rings is 1. The summed E-state index contributed by atoms with van der Waals surface area (Å²) in [5, 5.41) is 2.81. The molecule has 0 bridgehead atoms. The first-order chi connectivity index (χ1) is 8.70. The molecule has 0 aliphatic heterocycles. The Morgan fingerprint density at radius 1 is 1.39 bits per heavy atom. The highest BCUT2D eigenvalue weighted by Crippen LogP contribution is 2.21. The lowest BCUT2D eigenvalue weighted by atomic mass is 10.1. The highest BCUT2D eigenvalue weighted by molar-refractivity contribution is 6.02. The van der Waals surface area contributed by atoms with Gasteiger partial charge in [-0.2, -0.15) is 0 Å². The lowest BCUT2D eigenvalue weighted by molar-refractivity contribution is -0.132. The van der Waals surface area contributed by atoms with Gasteiger partial charge in [-0.05, 0) is 30.5 Å². The van der Waals surface area contributed by atoms with Crippen LogP contribution in [0.25, 0.3) is 0 Å². The van der Waals surface area contributed by atoms with Crippen molar-refractivity contribution in [3.05, 3.63) is 29.8 Å². The molecule has 18 heavy (non-hydrogen) atoms. The first-order valence-electron chi connectivity index (χ1n) is 6.14. The number of amides is 1. The van der Waals surface area contributed by atoms with E-state index in [1.54, 1.807) is 7.11 Å². The van der Waals surface area contributed by atoms with Crippen molar-refractivity contribution in [1.29, 1.82) is 0 Å². The Hall–Kier alpha value is -1.84. The standard InChI is InChI=1S/C14H17NO3/c1-18-11-7-5-10(6-8-11)9-15-14(17)12-3-2-4-13(12)16/h5-8,12H,2-4,9H2,1H3,(H,15,17). The van der Waals surface area contributed by atoms with Gasteiger partial charge in [0.2, 0.25) is 5.91 Å². The van der Waals surface area contributed by atoms with Crippen LogP contribution >= 0.6 is 0 Å². The predicted octanol–water partition coefficient (Wildman–Crippen LogP) is 1.68. The van der Waals surface area contributed by atoms with Crippen molar-refractivity contribution in [1.82, 2.24) is 5.32 Å². The third-order valence-corrected chi connectivity index (χ3v) is 3.25. The molecule has 2 rings (SSSR count). The molecule has 0 aromatic heterocycles. The molecule has 0 spiro atoms. The van der Waals surface area contributed by atoms with Crippen LogP contribution in [0.15, 0.2) is 24.3 Å². The summed E-state index contributed by atoms with van der Waals surface area (Å²) in [7, 11) is 1.61.